The molecule has 0 bridgehead atoms. The van der Waals surface area contributed by atoms with Crippen molar-refractivity contribution in [1.29, 1.82) is 0 Å². The Bertz CT molecular complexity index is 378. The topological polar surface area (TPSA) is 95.9 Å². The van der Waals surface area contributed by atoms with Gasteiger partial charge in [-0.3, -0.25) is 4.79 Å². The fraction of sp³-hybridized carbons (Fsp3) is 0.867. The number of aliphatic carboxylic acids is 1. The molecule has 2 rings (SSSR count). The summed E-state index contributed by atoms with van der Waals surface area (Å²) in [6.45, 7) is 0.334. The van der Waals surface area contributed by atoms with E-state index in [4.69, 9.17) is 9.84 Å². The first-order chi connectivity index (χ1) is 10.0. The van der Waals surface area contributed by atoms with Gasteiger partial charge in [-0.05, 0) is 37.5 Å². The normalized spacial score (nSPS) is 28.0. The number of alkyl carbamates (subject to hydrolysis) is 1. The van der Waals surface area contributed by atoms with E-state index in [2.05, 4.69) is 5.32 Å². The van der Waals surface area contributed by atoms with Gasteiger partial charge in [-0.15, -0.1) is 0 Å². The Labute approximate surface area is 124 Å². The molecular formula is C15H25NO5. The zero-order chi connectivity index (χ0) is 15.3. The van der Waals surface area contributed by atoms with Gasteiger partial charge < -0.3 is 20.3 Å². The maximum Gasteiger partial charge on any atom is 0.407 e. The lowest BCUT2D eigenvalue weighted by atomic mass is 9.72. The summed E-state index contributed by atoms with van der Waals surface area (Å²) >= 11 is 0. The van der Waals surface area contributed by atoms with Gasteiger partial charge in [-0.1, -0.05) is 19.3 Å². The molecule has 0 aromatic rings. The van der Waals surface area contributed by atoms with E-state index in [-0.39, 0.29) is 11.8 Å². The van der Waals surface area contributed by atoms with Crippen LogP contribution in [0, 0.1) is 5.41 Å². The molecule has 0 heterocycles. The van der Waals surface area contributed by atoms with E-state index in [0.717, 1.165) is 38.5 Å². The molecule has 1 amide bonds. The average molecular weight is 299 g/mol. The van der Waals surface area contributed by atoms with Gasteiger partial charge in [-0.25, -0.2) is 4.79 Å². The zero-order valence-corrected chi connectivity index (χ0v) is 12.3. The molecule has 0 spiro atoms. The Balaban J connectivity index is 1.83. The standard InChI is InChI=1S/C15H25NO5/c17-11-5-4-6-12(11)21-14(20)16-10-15(9-13(18)19)7-2-1-3-8-15/h11-12,17H,1-10H2,(H,16,20)(H,18,19)/t11-,12-/m1/s1. The van der Waals surface area contributed by atoms with Crippen molar-refractivity contribution >= 4 is 12.1 Å². The van der Waals surface area contributed by atoms with Crippen LogP contribution >= 0.6 is 0 Å². The summed E-state index contributed by atoms with van der Waals surface area (Å²) in [5.74, 6) is -0.821. The molecule has 0 aromatic carbocycles. The molecule has 0 saturated heterocycles. The Kier molecular flexibility index (Phi) is 5.45. The average Bonchev–Trinajstić information content (AvgIpc) is 2.82. The van der Waals surface area contributed by atoms with Crippen LogP contribution in [0.1, 0.15) is 57.8 Å². The minimum atomic E-state index is -0.821. The first-order valence-electron chi connectivity index (χ1n) is 7.85. The lowest BCUT2D eigenvalue weighted by molar-refractivity contribution is -0.140. The summed E-state index contributed by atoms with van der Waals surface area (Å²) in [6, 6.07) is 0. The van der Waals surface area contributed by atoms with Crippen LogP contribution in [0.15, 0.2) is 0 Å². The van der Waals surface area contributed by atoms with E-state index < -0.39 is 24.3 Å². The second kappa shape index (κ2) is 7.11. The fourth-order valence-corrected chi connectivity index (χ4v) is 3.52. The molecule has 21 heavy (non-hydrogen) atoms. The number of hydrogen-bond donors (Lipinski definition) is 3. The first kappa shape index (κ1) is 16.1. The Morgan fingerprint density at radius 3 is 2.43 bits per heavy atom. The molecule has 2 aliphatic rings. The largest absolute Gasteiger partial charge is 0.481 e. The van der Waals surface area contributed by atoms with E-state index >= 15 is 0 Å². The quantitative estimate of drug-likeness (QED) is 0.722. The number of hydrogen-bond acceptors (Lipinski definition) is 4. The van der Waals surface area contributed by atoms with E-state index in [9.17, 15) is 14.7 Å². The predicted octanol–water partition coefficient (Wildman–Crippen LogP) is 2.05. The van der Waals surface area contributed by atoms with Crippen LogP contribution in [0.4, 0.5) is 4.79 Å². The van der Waals surface area contributed by atoms with Crippen molar-refractivity contribution in [2.75, 3.05) is 6.54 Å². The lowest BCUT2D eigenvalue weighted by Crippen LogP contribution is -2.42. The zero-order valence-electron chi connectivity index (χ0n) is 12.3. The molecule has 6 heteroatoms. The number of nitrogens with one attached hydrogen (secondary N) is 1. The summed E-state index contributed by atoms with van der Waals surface area (Å²) in [6.07, 6.45) is 5.55. The highest BCUT2D eigenvalue weighted by Crippen LogP contribution is 2.38. The second-order valence-electron chi connectivity index (χ2n) is 6.43. The second-order valence-corrected chi connectivity index (χ2v) is 6.43. The summed E-state index contributed by atoms with van der Waals surface area (Å²) < 4.78 is 5.22. The SMILES string of the molecule is O=C(O)CC1(CNC(=O)O[C@@H]2CCC[C@H]2O)CCCCC1. The third-order valence-electron chi connectivity index (χ3n) is 4.72. The highest BCUT2D eigenvalue weighted by Gasteiger charge is 2.35. The monoisotopic (exact) mass is 299 g/mol. The van der Waals surface area contributed by atoms with Crippen molar-refractivity contribution in [3.63, 3.8) is 0 Å². The van der Waals surface area contributed by atoms with Crippen LogP contribution in [-0.2, 0) is 9.53 Å². The van der Waals surface area contributed by atoms with Crippen molar-refractivity contribution in [1.82, 2.24) is 5.32 Å². The van der Waals surface area contributed by atoms with Crippen LogP contribution in [0.25, 0.3) is 0 Å². The molecule has 6 nitrogen and oxygen atoms in total. The molecule has 0 unspecified atom stereocenters. The molecule has 2 saturated carbocycles. The van der Waals surface area contributed by atoms with Gasteiger partial charge in [0.05, 0.1) is 12.5 Å². The van der Waals surface area contributed by atoms with Gasteiger partial charge in [0.15, 0.2) is 0 Å². The highest BCUT2D eigenvalue weighted by molar-refractivity contribution is 5.69. The number of carbonyl (C=O) groups excluding carboxylic acids is 1. The van der Waals surface area contributed by atoms with Crippen molar-refractivity contribution in [2.24, 2.45) is 5.41 Å². The minimum Gasteiger partial charge on any atom is -0.481 e. The molecule has 2 atom stereocenters. The van der Waals surface area contributed by atoms with Crippen LogP contribution < -0.4 is 5.32 Å². The van der Waals surface area contributed by atoms with E-state index in [1.54, 1.807) is 0 Å². The smallest absolute Gasteiger partial charge is 0.407 e. The third kappa shape index (κ3) is 4.59. The number of carboxylic acid groups (broad SMARTS) is 1. The van der Waals surface area contributed by atoms with Crippen LogP contribution in [0.5, 0.6) is 0 Å². The number of rotatable bonds is 5. The molecule has 2 fully saturated rings. The maximum absolute atomic E-state index is 11.8. The number of aliphatic hydroxyl groups is 1. The van der Waals surface area contributed by atoms with Crippen molar-refractivity contribution in [3.8, 4) is 0 Å². The number of amides is 1. The van der Waals surface area contributed by atoms with Gasteiger partial charge in [0.25, 0.3) is 0 Å². The Hall–Kier alpha value is -1.30. The molecule has 2 aliphatic carbocycles. The van der Waals surface area contributed by atoms with Crippen LogP contribution in [0.2, 0.25) is 0 Å². The maximum atomic E-state index is 11.8. The lowest BCUT2D eigenvalue weighted by Gasteiger charge is -2.36. The van der Waals surface area contributed by atoms with Crippen molar-refractivity contribution in [3.05, 3.63) is 0 Å². The van der Waals surface area contributed by atoms with Gasteiger partial charge >= 0.3 is 12.1 Å². The fourth-order valence-electron chi connectivity index (χ4n) is 3.52. The van der Waals surface area contributed by atoms with Crippen molar-refractivity contribution in [2.45, 2.75) is 70.0 Å². The summed E-state index contributed by atoms with van der Waals surface area (Å²) in [5.41, 5.74) is -0.350. The number of carbonyl (C=O) groups is 2. The molecule has 3 N–H and O–H groups in total. The van der Waals surface area contributed by atoms with Gasteiger partial charge in [0.1, 0.15) is 6.10 Å². The van der Waals surface area contributed by atoms with Gasteiger partial charge in [-0.2, -0.15) is 0 Å². The predicted molar refractivity (Wildman–Crippen MR) is 75.9 cm³/mol. The van der Waals surface area contributed by atoms with E-state index in [1.807, 2.05) is 0 Å². The molecule has 0 aromatic heterocycles. The van der Waals surface area contributed by atoms with Gasteiger partial charge in [0.2, 0.25) is 0 Å². The molecule has 120 valence electrons. The van der Waals surface area contributed by atoms with Crippen LogP contribution in [-0.4, -0.2) is 41.0 Å². The number of aliphatic hydroxyl groups excluding tert-OH is 1. The molecule has 0 radical (unpaired) electrons. The first-order valence-corrected chi connectivity index (χ1v) is 7.85. The van der Waals surface area contributed by atoms with Crippen LogP contribution in [0.3, 0.4) is 0 Å². The summed E-state index contributed by atoms with van der Waals surface area (Å²) in [5, 5.41) is 21.4. The van der Waals surface area contributed by atoms with E-state index in [0.29, 0.717) is 19.4 Å². The van der Waals surface area contributed by atoms with Crippen molar-refractivity contribution < 1.29 is 24.5 Å². The third-order valence-corrected chi connectivity index (χ3v) is 4.72. The highest BCUT2D eigenvalue weighted by atomic mass is 16.6. The summed E-state index contributed by atoms with van der Waals surface area (Å²) in [7, 11) is 0. The Morgan fingerprint density at radius 1 is 1.14 bits per heavy atom. The Morgan fingerprint density at radius 2 is 1.86 bits per heavy atom. The van der Waals surface area contributed by atoms with E-state index in [1.165, 1.54) is 0 Å². The number of carboxylic acids is 1. The minimum absolute atomic E-state index is 0.0827. The number of ether oxygens (including phenoxy) is 1. The molecular weight excluding hydrogens is 274 g/mol. The van der Waals surface area contributed by atoms with Gasteiger partial charge in [0, 0.05) is 6.54 Å². The summed E-state index contributed by atoms with van der Waals surface area (Å²) in [4.78, 5) is 22.9. The molecule has 0 aliphatic heterocycles.